The van der Waals surface area contributed by atoms with Gasteiger partial charge in [0.25, 0.3) is 11.5 Å². The van der Waals surface area contributed by atoms with Gasteiger partial charge in [0.1, 0.15) is 0 Å². The number of carbonyl (C=O) groups is 2. The van der Waals surface area contributed by atoms with E-state index in [4.69, 9.17) is 0 Å². The number of ketones is 2. The molecule has 1 heterocycles. The highest BCUT2D eigenvalue weighted by Gasteiger charge is 2.38. The van der Waals surface area contributed by atoms with Crippen LogP contribution in [0.3, 0.4) is 0 Å². The number of nitrogens with one attached hydrogen (secondary N) is 1. The lowest BCUT2D eigenvalue weighted by Gasteiger charge is -2.18. The first-order valence-electron chi connectivity index (χ1n) is 8.38. The number of benzene rings is 2. The molecule has 1 aromatic heterocycles. The van der Waals surface area contributed by atoms with Crippen molar-refractivity contribution in [1.82, 2.24) is 0 Å². The molecule has 0 unspecified atom stereocenters. The minimum Gasteiger partial charge on any atom is -1.00 e. The molecule has 0 saturated carbocycles. The molecule has 27 heavy (non-hydrogen) atoms. The van der Waals surface area contributed by atoms with Crippen LogP contribution in [0.5, 0.6) is 0 Å². The Labute approximate surface area is 174 Å². The van der Waals surface area contributed by atoms with E-state index in [1.807, 2.05) is 49.4 Å². The summed E-state index contributed by atoms with van der Waals surface area (Å²) in [5.41, 5.74) is 3.31. The Morgan fingerprint density at radius 3 is 2.11 bits per heavy atom. The molecule has 0 radical (unpaired) electrons. The standard InChI is InChI=1S/C22H16N2O2.HI/c1-15-8-7-9-16(14-15)23-19-20(24-12-5-2-6-13-24)22(26)18-11-4-3-10-17(18)21(19)25;/h2-14H,1H3;1H. The fourth-order valence-corrected chi connectivity index (χ4v) is 3.14. The van der Waals surface area contributed by atoms with Gasteiger partial charge in [-0.2, -0.15) is 4.57 Å². The molecule has 1 aliphatic carbocycles. The lowest BCUT2D eigenvalue weighted by atomic mass is 9.90. The first-order chi connectivity index (χ1) is 12.6. The number of halogens is 1. The van der Waals surface area contributed by atoms with E-state index in [1.165, 1.54) is 0 Å². The van der Waals surface area contributed by atoms with Crippen LogP contribution in [0.15, 0.2) is 84.8 Å². The topological polar surface area (TPSA) is 50.1 Å². The highest BCUT2D eigenvalue weighted by molar-refractivity contribution is 6.36. The van der Waals surface area contributed by atoms with E-state index in [-0.39, 0.29) is 41.2 Å². The molecule has 0 fully saturated rings. The maximum Gasteiger partial charge on any atom is 0.286 e. The van der Waals surface area contributed by atoms with Crippen LogP contribution in [0.25, 0.3) is 5.70 Å². The Bertz CT molecular complexity index is 1060. The monoisotopic (exact) mass is 468 g/mol. The van der Waals surface area contributed by atoms with Gasteiger partial charge in [0.05, 0.1) is 0 Å². The molecule has 3 aromatic rings. The third kappa shape index (κ3) is 3.55. The molecule has 0 aliphatic heterocycles. The van der Waals surface area contributed by atoms with E-state index in [2.05, 4.69) is 5.32 Å². The van der Waals surface area contributed by atoms with Gasteiger partial charge in [-0.1, -0.05) is 42.5 Å². The summed E-state index contributed by atoms with van der Waals surface area (Å²) in [5, 5.41) is 3.18. The molecule has 0 bridgehead atoms. The minimum absolute atomic E-state index is 0. The van der Waals surface area contributed by atoms with Crippen molar-refractivity contribution < 1.29 is 38.1 Å². The van der Waals surface area contributed by atoms with Gasteiger partial charge in [-0.05, 0) is 24.6 Å². The van der Waals surface area contributed by atoms with Gasteiger partial charge in [-0.25, -0.2) is 0 Å². The number of carbonyl (C=O) groups excluding carboxylic acids is 2. The van der Waals surface area contributed by atoms with Gasteiger partial charge in [0, 0.05) is 28.9 Å². The summed E-state index contributed by atoms with van der Waals surface area (Å²) in [4.78, 5) is 26.3. The Morgan fingerprint density at radius 2 is 1.44 bits per heavy atom. The number of rotatable bonds is 3. The fourth-order valence-electron chi connectivity index (χ4n) is 3.14. The largest absolute Gasteiger partial charge is 1.00 e. The smallest absolute Gasteiger partial charge is 0.286 e. The van der Waals surface area contributed by atoms with Gasteiger partial charge in [-0.15, -0.1) is 0 Å². The molecule has 4 rings (SSSR count). The van der Waals surface area contributed by atoms with Gasteiger partial charge >= 0.3 is 0 Å². The van der Waals surface area contributed by atoms with E-state index >= 15 is 0 Å². The van der Waals surface area contributed by atoms with E-state index in [9.17, 15) is 9.59 Å². The van der Waals surface area contributed by atoms with Crippen molar-refractivity contribution >= 4 is 23.0 Å². The van der Waals surface area contributed by atoms with Crippen molar-refractivity contribution in [3.8, 4) is 0 Å². The van der Waals surface area contributed by atoms with Crippen LogP contribution in [0.4, 0.5) is 5.69 Å². The minimum atomic E-state index is -0.187. The number of allylic oxidation sites excluding steroid dienone is 2. The summed E-state index contributed by atoms with van der Waals surface area (Å²) < 4.78 is 1.69. The van der Waals surface area contributed by atoms with E-state index < -0.39 is 0 Å². The molecule has 1 N–H and O–H groups in total. The van der Waals surface area contributed by atoms with E-state index in [0.717, 1.165) is 11.3 Å². The number of hydrogen-bond donors (Lipinski definition) is 1. The first kappa shape index (κ1) is 19.0. The van der Waals surface area contributed by atoms with Crippen molar-refractivity contribution in [2.45, 2.75) is 6.92 Å². The molecular formula is C22H17IN2O2. The van der Waals surface area contributed by atoms with Crippen LogP contribution in [0, 0.1) is 6.92 Å². The zero-order valence-corrected chi connectivity index (χ0v) is 16.8. The van der Waals surface area contributed by atoms with Crippen LogP contribution in [-0.2, 0) is 0 Å². The van der Waals surface area contributed by atoms with Crippen molar-refractivity contribution in [2.24, 2.45) is 0 Å². The molecule has 134 valence electrons. The highest BCUT2D eigenvalue weighted by Crippen LogP contribution is 2.27. The van der Waals surface area contributed by atoms with Crippen LogP contribution < -0.4 is 33.9 Å². The van der Waals surface area contributed by atoms with Crippen molar-refractivity contribution in [3.63, 3.8) is 0 Å². The average molecular weight is 468 g/mol. The zero-order valence-electron chi connectivity index (χ0n) is 14.6. The second kappa shape index (κ2) is 7.84. The van der Waals surface area contributed by atoms with Crippen LogP contribution >= 0.6 is 0 Å². The summed E-state index contributed by atoms with van der Waals surface area (Å²) in [6, 6.07) is 20.2. The predicted molar refractivity (Wildman–Crippen MR) is 99.8 cm³/mol. The van der Waals surface area contributed by atoms with Crippen molar-refractivity contribution in [3.05, 3.63) is 102 Å². The summed E-state index contributed by atoms with van der Waals surface area (Å²) in [6.07, 6.45) is 3.54. The first-order valence-corrected chi connectivity index (χ1v) is 8.38. The summed E-state index contributed by atoms with van der Waals surface area (Å²) >= 11 is 0. The van der Waals surface area contributed by atoms with Crippen molar-refractivity contribution in [1.29, 1.82) is 0 Å². The zero-order chi connectivity index (χ0) is 18.1. The SMILES string of the molecule is Cc1cccc(NC2=C([n+]3ccccc3)C(=O)c3ccccc3C2=O)c1.[I-]. The molecule has 0 saturated heterocycles. The lowest BCUT2D eigenvalue weighted by Crippen LogP contribution is -3.00. The number of Topliss-reactive ketones (excluding diaryl/α,β-unsaturated/α-hetero) is 2. The Balaban J connectivity index is 0.00000210. The van der Waals surface area contributed by atoms with E-state index in [1.54, 1.807) is 41.2 Å². The number of fused-ring (bicyclic) bond motifs is 1. The Hall–Kier alpha value is -2.80. The Kier molecular flexibility index (Phi) is 5.51. The predicted octanol–water partition coefficient (Wildman–Crippen LogP) is 0.646. The molecule has 0 atom stereocenters. The molecule has 1 aliphatic rings. The van der Waals surface area contributed by atoms with E-state index in [0.29, 0.717) is 16.8 Å². The van der Waals surface area contributed by atoms with Gasteiger partial charge in [0.2, 0.25) is 5.78 Å². The number of aromatic nitrogens is 1. The Morgan fingerprint density at radius 1 is 0.778 bits per heavy atom. The molecule has 0 amide bonds. The lowest BCUT2D eigenvalue weighted by molar-refractivity contribution is -0.577. The summed E-state index contributed by atoms with van der Waals surface area (Å²) in [6.45, 7) is 1.98. The number of aryl methyl sites for hydroxylation is 1. The second-order valence-electron chi connectivity index (χ2n) is 6.20. The fraction of sp³-hybridized carbons (Fsp3) is 0.0455. The maximum absolute atomic E-state index is 13.2. The second-order valence-corrected chi connectivity index (χ2v) is 6.20. The number of anilines is 1. The quantitative estimate of drug-likeness (QED) is 0.454. The normalized spacial score (nSPS) is 13.1. The van der Waals surface area contributed by atoms with Crippen LogP contribution in [0.1, 0.15) is 26.3 Å². The third-order valence-electron chi connectivity index (χ3n) is 4.36. The summed E-state index contributed by atoms with van der Waals surface area (Å²) in [7, 11) is 0. The molecule has 0 spiro atoms. The average Bonchev–Trinajstić information content (AvgIpc) is 2.67. The maximum atomic E-state index is 13.2. The molecule has 2 aromatic carbocycles. The molecule has 4 nitrogen and oxygen atoms in total. The van der Waals surface area contributed by atoms with Gasteiger partial charge < -0.3 is 29.3 Å². The van der Waals surface area contributed by atoms with Crippen LogP contribution in [0.2, 0.25) is 0 Å². The van der Waals surface area contributed by atoms with Gasteiger partial charge in [0.15, 0.2) is 18.1 Å². The molecule has 5 heteroatoms. The highest BCUT2D eigenvalue weighted by atomic mass is 127. The number of pyridine rings is 1. The van der Waals surface area contributed by atoms with Crippen molar-refractivity contribution in [2.75, 3.05) is 5.32 Å². The molecular weight excluding hydrogens is 451 g/mol. The third-order valence-corrected chi connectivity index (χ3v) is 4.36. The van der Waals surface area contributed by atoms with Crippen LogP contribution in [-0.4, -0.2) is 11.6 Å². The summed E-state index contributed by atoms with van der Waals surface area (Å²) in [5.74, 6) is -0.361. The van der Waals surface area contributed by atoms with Gasteiger partial charge in [-0.3, -0.25) is 9.59 Å². The number of nitrogens with zero attached hydrogens (tertiary/aromatic N) is 1. The number of hydrogen-bond acceptors (Lipinski definition) is 3.